The number of carbonyl (C=O) groups excluding carboxylic acids is 1. The average Bonchev–Trinajstić information content (AvgIpc) is 2.92. The summed E-state index contributed by atoms with van der Waals surface area (Å²) in [6, 6.07) is 0. The Balaban J connectivity index is 2.27. The molecule has 7 nitrogen and oxygen atoms in total. The van der Waals surface area contributed by atoms with Crippen LogP contribution in [0.3, 0.4) is 0 Å². The molecule has 1 aliphatic heterocycles. The molecule has 2 fully saturated rings. The molecule has 22 heavy (non-hydrogen) atoms. The summed E-state index contributed by atoms with van der Waals surface area (Å²) >= 11 is 0. The maximum Gasteiger partial charge on any atom is 0.314 e. The van der Waals surface area contributed by atoms with Crippen molar-refractivity contribution in [2.45, 2.75) is 51.4 Å². The zero-order valence-corrected chi connectivity index (χ0v) is 13.9. The molecule has 0 aromatic heterocycles. The van der Waals surface area contributed by atoms with Crippen LogP contribution in [0.5, 0.6) is 0 Å². The van der Waals surface area contributed by atoms with E-state index in [1.165, 1.54) is 0 Å². The molecule has 0 aromatic carbocycles. The summed E-state index contributed by atoms with van der Waals surface area (Å²) in [6.07, 6.45) is 2.64. The minimum Gasteiger partial charge on any atom is -0.465 e. The predicted octanol–water partition coefficient (Wildman–Crippen LogP) is 1.22. The fourth-order valence-electron chi connectivity index (χ4n) is 3.21. The lowest BCUT2D eigenvalue weighted by molar-refractivity contribution is -0.175. The molecule has 2 unspecified atom stereocenters. The van der Waals surface area contributed by atoms with E-state index in [-0.39, 0.29) is 13.0 Å². The van der Waals surface area contributed by atoms with Crippen molar-refractivity contribution in [2.75, 3.05) is 26.1 Å². The predicted molar refractivity (Wildman–Crippen MR) is 77.6 cm³/mol. The summed E-state index contributed by atoms with van der Waals surface area (Å²) < 4.78 is 44.5. The van der Waals surface area contributed by atoms with Gasteiger partial charge in [0.05, 0.1) is 32.2 Å². The third-order valence-electron chi connectivity index (χ3n) is 4.15. The van der Waals surface area contributed by atoms with E-state index < -0.39 is 33.9 Å². The second-order valence-corrected chi connectivity index (χ2v) is 7.39. The Morgan fingerprint density at radius 2 is 1.95 bits per heavy atom. The van der Waals surface area contributed by atoms with Crippen molar-refractivity contribution in [1.29, 1.82) is 0 Å². The van der Waals surface area contributed by atoms with Gasteiger partial charge in [0.2, 0.25) is 0 Å². The van der Waals surface area contributed by atoms with Crippen molar-refractivity contribution in [3.05, 3.63) is 0 Å². The van der Waals surface area contributed by atoms with Gasteiger partial charge in [0.25, 0.3) is 10.1 Å². The first-order chi connectivity index (χ1) is 10.4. The van der Waals surface area contributed by atoms with Gasteiger partial charge < -0.3 is 14.2 Å². The Bertz CT molecular complexity index is 483. The summed E-state index contributed by atoms with van der Waals surface area (Å²) in [4.78, 5) is 12.6. The average molecular weight is 336 g/mol. The van der Waals surface area contributed by atoms with E-state index in [4.69, 9.17) is 18.4 Å². The Morgan fingerprint density at radius 1 is 1.27 bits per heavy atom. The van der Waals surface area contributed by atoms with Crippen LogP contribution >= 0.6 is 0 Å². The minimum absolute atomic E-state index is 0.235. The fourth-order valence-corrected chi connectivity index (χ4v) is 3.91. The number of hydrogen-bond donors (Lipinski definition) is 0. The number of ether oxygens (including phenoxy) is 3. The highest BCUT2D eigenvalue weighted by Crippen LogP contribution is 2.44. The number of rotatable bonds is 6. The molecule has 1 heterocycles. The van der Waals surface area contributed by atoms with Crippen LogP contribution in [0.25, 0.3) is 0 Å². The van der Waals surface area contributed by atoms with E-state index in [1.54, 1.807) is 6.92 Å². The number of carbonyl (C=O) groups is 1. The summed E-state index contributed by atoms with van der Waals surface area (Å²) in [5.41, 5.74) is -1.04. The van der Waals surface area contributed by atoms with Crippen LogP contribution in [0, 0.1) is 5.41 Å². The smallest absolute Gasteiger partial charge is 0.314 e. The van der Waals surface area contributed by atoms with Crippen molar-refractivity contribution in [2.24, 2.45) is 5.41 Å². The van der Waals surface area contributed by atoms with Gasteiger partial charge in [0, 0.05) is 6.42 Å². The fraction of sp³-hybridized carbons (Fsp3) is 0.929. The lowest BCUT2D eigenvalue weighted by atomic mass is 9.69. The van der Waals surface area contributed by atoms with Gasteiger partial charge >= 0.3 is 5.97 Å². The molecule has 0 radical (unpaired) electrons. The van der Waals surface area contributed by atoms with Crippen LogP contribution in [0.4, 0.5) is 0 Å². The summed E-state index contributed by atoms with van der Waals surface area (Å²) in [7, 11) is -3.67. The molecule has 0 N–H and O–H groups in total. The van der Waals surface area contributed by atoms with E-state index in [0.29, 0.717) is 26.1 Å². The van der Waals surface area contributed by atoms with Crippen molar-refractivity contribution in [1.82, 2.24) is 0 Å². The molecule has 2 rings (SSSR count). The quantitative estimate of drug-likeness (QED) is 0.532. The second kappa shape index (κ2) is 7.25. The second-order valence-electron chi connectivity index (χ2n) is 5.79. The van der Waals surface area contributed by atoms with E-state index in [2.05, 4.69) is 0 Å². The van der Waals surface area contributed by atoms with Crippen molar-refractivity contribution in [3.63, 3.8) is 0 Å². The monoisotopic (exact) mass is 336 g/mol. The van der Waals surface area contributed by atoms with E-state index >= 15 is 0 Å². The Hall–Kier alpha value is -0.700. The standard InChI is InChI=1S/C14H24O7S/c1-3-18-13(15)14(10-12-19-8-9-20-12)7-5-4-6-11(14)21-22(2,16)17/h11-12H,3-10H2,1-2H3. The molecule has 128 valence electrons. The van der Waals surface area contributed by atoms with Crippen LogP contribution in [0.1, 0.15) is 39.0 Å². The van der Waals surface area contributed by atoms with Gasteiger partial charge in [-0.2, -0.15) is 8.42 Å². The number of hydrogen-bond acceptors (Lipinski definition) is 7. The van der Waals surface area contributed by atoms with Crippen LogP contribution < -0.4 is 0 Å². The Kier molecular flexibility index (Phi) is 5.81. The van der Waals surface area contributed by atoms with Crippen molar-refractivity contribution in [3.8, 4) is 0 Å². The molecule has 2 atom stereocenters. The van der Waals surface area contributed by atoms with Gasteiger partial charge in [-0.05, 0) is 19.8 Å². The van der Waals surface area contributed by atoms with E-state index in [9.17, 15) is 13.2 Å². The lowest BCUT2D eigenvalue weighted by Crippen LogP contribution is -2.50. The zero-order valence-electron chi connectivity index (χ0n) is 13.1. The number of esters is 1. The molecule has 0 bridgehead atoms. The van der Waals surface area contributed by atoms with E-state index in [0.717, 1.165) is 19.1 Å². The molecular weight excluding hydrogens is 312 g/mol. The Labute approximate surface area is 131 Å². The molecule has 1 saturated heterocycles. The normalized spacial score (nSPS) is 30.4. The SMILES string of the molecule is CCOC(=O)C1(CC2OCCO2)CCCCC1OS(C)(=O)=O. The zero-order chi connectivity index (χ0) is 16.2. The molecule has 8 heteroatoms. The van der Waals surface area contributed by atoms with Crippen LogP contribution in [-0.2, 0) is 33.3 Å². The highest BCUT2D eigenvalue weighted by Gasteiger charge is 2.52. The largest absolute Gasteiger partial charge is 0.465 e. The molecule has 1 aliphatic carbocycles. The molecule has 2 aliphatic rings. The Morgan fingerprint density at radius 3 is 2.55 bits per heavy atom. The van der Waals surface area contributed by atoms with E-state index in [1.807, 2.05) is 0 Å². The first-order valence-corrected chi connectivity index (χ1v) is 9.48. The highest BCUT2D eigenvalue weighted by molar-refractivity contribution is 7.86. The topological polar surface area (TPSA) is 88.1 Å². The van der Waals surface area contributed by atoms with Gasteiger partial charge in [-0.25, -0.2) is 0 Å². The first-order valence-electron chi connectivity index (χ1n) is 7.66. The van der Waals surface area contributed by atoms with Crippen molar-refractivity contribution >= 4 is 16.1 Å². The highest BCUT2D eigenvalue weighted by atomic mass is 32.2. The molecule has 0 aromatic rings. The molecular formula is C14H24O7S. The third-order valence-corrected chi connectivity index (χ3v) is 4.73. The van der Waals surface area contributed by atoms with Gasteiger partial charge in [0.1, 0.15) is 5.41 Å². The van der Waals surface area contributed by atoms with Crippen molar-refractivity contribution < 1.29 is 31.6 Å². The lowest BCUT2D eigenvalue weighted by Gasteiger charge is -2.41. The van der Waals surface area contributed by atoms with Crippen LogP contribution in [0.15, 0.2) is 0 Å². The van der Waals surface area contributed by atoms with Crippen LogP contribution in [0.2, 0.25) is 0 Å². The maximum absolute atomic E-state index is 12.6. The van der Waals surface area contributed by atoms with Gasteiger partial charge in [0.15, 0.2) is 6.29 Å². The van der Waals surface area contributed by atoms with Crippen LogP contribution in [-0.4, -0.2) is 52.9 Å². The summed E-state index contributed by atoms with van der Waals surface area (Å²) in [6.45, 7) is 2.91. The van der Waals surface area contributed by atoms with Gasteiger partial charge in [-0.15, -0.1) is 0 Å². The molecule has 1 saturated carbocycles. The minimum atomic E-state index is -3.67. The first kappa shape index (κ1) is 17.7. The molecule has 0 spiro atoms. The summed E-state index contributed by atoms with van der Waals surface area (Å²) in [5, 5.41) is 0. The molecule has 0 amide bonds. The van der Waals surface area contributed by atoms with Gasteiger partial charge in [-0.3, -0.25) is 8.98 Å². The van der Waals surface area contributed by atoms with Gasteiger partial charge in [-0.1, -0.05) is 12.8 Å². The third kappa shape index (κ3) is 4.18. The summed E-state index contributed by atoms with van der Waals surface area (Å²) in [5.74, 6) is -0.428. The maximum atomic E-state index is 12.6.